The Labute approximate surface area is 332 Å². The molecule has 0 bridgehead atoms. The SMILES string of the molecule is c1ccc(C2=C(c3ccccc3)c3cccc4c3c3c5c2cccc5ccc3n4-c2nc(-c3ccc4oc5ccc6ccccc6c5c4c3)c3ccccc3n2)cc1. The van der Waals surface area contributed by atoms with E-state index in [1.54, 1.807) is 0 Å². The van der Waals surface area contributed by atoms with Gasteiger partial charge in [-0.25, -0.2) is 9.97 Å². The van der Waals surface area contributed by atoms with E-state index in [1.807, 2.05) is 0 Å². The number of nitrogens with zero attached hydrogens (tertiary/aromatic N) is 3. The van der Waals surface area contributed by atoms with Crippen molar-refractivity contribution in [2.75, 3.05) is 0 Å². The fourth-order valence-corrected chi connectivity index (χ4v) is 9.72. The van der Waals surface area contributed by atoms with E-state index in [0.717, 1.165) is 55.1 Å². The highest BCUT2D eigenvalue weighted by atomic mass is 16.3. The summed E-state index contributed by atoms with van der Waals surface area (Å²) in [6.07, 6.45) is 0. The Morgan fingerprint density at radius 2 is 1.02 bits per heavy atom. The lowest BCUT2D eigenvalue weighted by Gasteiger charge is -2.19. The second kappa shape index (κ2) is 11.8. The minimum Gasteiger partial charge on any atom is -0.456 e. The predicted molar refractivity (Wildman–Crippen MR) is 240 cm³/mol. The standard InChI is InChI=1S/C54H31N3O/c1-3-14-33(15-4-1)47-39-21-11-18-35-25-28-44-52(49(35)39)51-40(48(47)34-16-5-2-6-17-34)22-12-24-43(51)57(44)54-55-42-23-10-9-20-38(42)53(56-54)36-27-29-45-41(31-36)50-37-19-8-7-13-32(37)26-30-46(50)58-45/h1-31H. The summed E-state index contributed by atoms with van der Waals surface area (Å²) >= 11 is 0. The summed E-state index contributed by atoms with van der Waals surface area (Å²) in [5.74, 6) is 0.638. The van der Waals surface area contributed by atoms with E-state index < -0.39 is 0 Å². The third-order valence-corrected chi connectivity index (χ3v) is 12.1. The zero-order valence-electron chi connectivity index (χ0n) is 31.1. The summed E-state index contributed by atoms with van der Waals surface area (Å²) in [5.41, 5.74) is 13.9. The van der Waals surface area contributed by atoms with E-state index in [2.05, 4.69) is 193 Å². The van der Waals surface area contributed by atoms with E-state index in [1.165, 1.54) is 65.7 Å². The van der Waals surface area contributed by atoms with Crippen molar-refractivity contribution in [3.05, 3.63) is 210 Å². The predicted octanol–water partition coefficient (Wildman–Crippen LogP) is 13.9. The van der Waals surface area contributed by atoms with Gasteiger partial charge in [0.1, 0.15) is 11.2 Å². The Hall–Kier alpha value is -7.82. The topological polar surface area (TPSA) is 43.9 Å². The van der Waals surface area contributed by atoms with Gasteiger partial charge in [-0.3, -0.25) is 4.57 Å². The van der Waals surface area contributed by atoms with Crippen LogP contribution in [0.4, 0.5) is 0 Å². The molecule has 268 valence electrons. The van der Waals surface area contributed by atoms with E-state index in [9.17, 15) is 0 Å². The third kappa shape index (κ3) is 4.34. The third-order valence-electron chi connectivity index (χ3n) is 12.1. The van der Waals surface area contributed by atoms with Crippen LogP contribution in [0, 0.1) is 0 Å². The van der Waals surface area contributed by atoms with Crippen molar-refractivity contribution in [2.24, 2.45) is 0 Å². The summed E-state index contributed by atoms with van der Waals surface area (Å²) in [7, 11) is 0. The summed E-state index contributed by atoms with van der Waals surface area (Å²) < 4.78 is 8.70. The average molecular weight is 738 g/mol. The molecule has 1 aliphatic rings. The Morgan fingerprint density at radius 1 is 0.379 bits per heavy atom. The molecule has 4 nitrogen and oxygen atoms in total. The van der Waals surface area contributed by atoms with Gasteiger partial charge in [0, 0.05) is 32.5 Å². The first-order valence-corrected chi connectivity index (χ1v) is 19.7. The minimum atomic E-state index is 0.638. The van der Waals surface area contributed by atoms with E-state index in [4.69, 9.17) is 14.4 Å². The van der Waals surface area contributed by atoms with Crippen LogP contribution in [0.2, 0.25) is 0 Å². The molecule has 3 aromatic heterocycles. The van der Waals surface area contributed by atoms with Crippen LogP contribution in [0.3, 0.4) is 0 Å². The maximum Gasteiger partial charge on any atom is 0.235 e. The molecule has 0 fully saturated rings. The van der Waals surface area contributed by atoms with Crippen molar-refractivity contribution in [1.82, 2.24) is 14.5 Å². The van der Waals surface area contributed by atoms with Gasteiger partial charge in [0.25, 0.3) is 0 Å². The van der Waals surface area contributed by atoms with Crippen LogP contribution in [0.1, 0.15) is 22.3 Å². The molecule has 0 N–H and O–H groups in total. The van der Waals surface area contributed by atoms with Crippen LogP contribution in [0.15, 0.2) is 192 Å². The van der Waals surface area contributed by atoms with Crippen molar-refractivity contribution in [3.63, 3.8) is 0 Å². The van der Waals surface area contributed by atoms with Gasteiger partial charge in [-0.2, -0.15) is 0 Å². The van der Waals surface area contributed by atoms with Gasteiger partial charge in [0.2, 0.25) is 5.95 Å². The molecule has 3 heterocycles. The maximum absolute atomic E-state index is 6.42. The van der Waals surface area contributed by atoms with Crippen molar-refractivity contribution >= 4 is 87.3 Å². The fraction of sp³-hybridized carbons (Fsp3) is 0. The molecular formula is C54H31N3O. The van der Waals surface area contributed by atoms with Gasteiger partial charge in [-0.15, -0.1) is 0 Å². The zero-order valence-corrected chi connectivity index (χ0v) is 31.1. The normalized spacial score (nSPS) is 12.8. The lowest BCUT2D eigenvalue weighted by Crippen LogP contribution is -2.04. The molecule has 0 spiro atoms. The zero-order chi connectivity index (χ0) is 37.9. The van der Waals surface area contributed by atoms with Gasteiger partial charge >= 0.3 is 0 Å². The molecule has 0 unspecified atom stereocenters. The van der Waals surface area contributed by atoms with E-state index in [0.29, 0.717) is 5.95 Å². The maximum atomic E-state index is 6.42. The van der Waals surface area contributed by atoms with Gasteiger partial charge in [0.15, 0.2) is 0 Å². The van der Waals surface area contributed by atoms with Gasteiger partial charge in [-0.1, -0.05) is 146 Å². The molecule has 58 heavy (non-hydrogen) atoms. The average Bonchev–Trinajstić information content (AvgIpc) is 3.80. The van der Waals surface area contributed by atoms with Crippen LogP contribution in [-0.2, 0) is 0 Å². The fourth-order valence-electron chi connectivity index (χ4n) is 9.72. The van der Waals surface area contributed by atoms with Crippen molar-refractivity contribution in [2.45, 2.75) is 0 Å². The Balaban J connectivity index is 1.14. The summed E-state index contributed by atoms with van der Waals surface area (Å²) in [5, 5.41) is 10.4. The first-order chi connectivity index (χ1) is 28.8. The number of aromatic nitrogens is 3. The highest BCUT2D eigenvalue weighted by Gasteiger charge is 2.28. The molecule has 0 amide bonds. The molecule has 9 aromatic carbocycles. The number of benzene rings is 9. The molecule has 0 atom stereocenters. The van der Waals surface area contributed by atoms with Crippen molar-refractivity contribution in [3.8, 4) is 17.2 Å². The molecule has 0 saturated carbocycles. The van der Waals surface area contributed by atoms with Gasteiger partial charge < -0.3 is 4.42 Å². The quantitative estimate of drug-likeness (QED) is 0.181. The number of furan rings is 1. The second-order valence-electron chi connectivity index (χ2n) is 15.2. The second-order valence-corrected chi connectivity index (χ2v) is 15.2. The monoisotopic (exact) mass is 737 g/mol. The van der Waals surface area contributed by atoms with Gasteiger partial charge in [-0.05, 0) is 97.4 Å². The molecule has 13 rings (SSSR count). The van der Waals surface area contributed by atoms with Crippen LogP contribution < -0.4 is 0 Å². The van der Waals surface area contributed by atoms with Crippen LogP contribution >= 0.6 is 0 Å². The first kappa shape index (κ1) is 31.4. The molecule has 0 aliphatic heterocycles. The minimum absolute atomic E-state index is 0.638. The van der Waals surface area contributed by atoms with Crippen LogP contribution in [0.5, 0.6) is 0 Å². The number of hydrogen-bond acceptors (Lipinski definition) is 3. The summed E-state index contributed by atoms with van der Waals surface area (Å²) in [6.45, 7) is 0. The Bertz CT molecular complexity index is 3720. The molecule has 1 aliphatic carbocycles. The lowest BCUT2D eigenvalue weighted by atomic mass is 9.85. The van der Waals surface area contributed by atoms with Gasteiger partial charge in [0.05, 0.1) is 22.2 Å². The molecular weight excluding hydrogens is 707 g/mol. The van der Waals surface area contributed by atoms with Crippen molar-refractivity contribution in [1.29, 1.82) is 0 Å². The Kier molecular flexibility index (Phi) is 6.41. The molecule has 4 heteroatoms. The summed E-state index contributed by atoms with van der Waals surface area (Å²) in [4.78, 5) is 10.9. The number of hydrogen-bond donors (Lipinski definition) is 0. The number of para-hydroxylation sites is 1. The highest BCUT2D eigenvalue weighted by molar-refractivity contribution is 6.31. The number of fused-ring (bicyclic) bond motifs is 6. The molecule has 0 radical (unpaired) electrons. The largest absolute Gasteiger partial charge is 0.456 e. The number of rotatable bonds is 4. The van der Waals surface area contributed by atoms with Crippen LogP contribution in [0.25, 0.3) is 105 Å². The molecule has 12 aromatic rings. The summed E-state index contributed by atoms with van der Waals surface area (Å²) in [6, 6.07) is 67.2. The smallest absolute Gasteiger partial charge is 0.235 e. The van der Waals surface area contributed by atoms with Crippen LogP contribution in [-0.4, -0.2) is 14.5 Å². The van der Waals surface area contributed by atoms with Crippen molar-refractivity contribution < 1.29 is 4.42 Å². The Morgan fingerprint density at radius 3 is 1.83 bits per heavy atom. The highest BCUT2D eigenvalue weighted by Crippen LogP contribution is 2.50. The van der Waals surface area contributed by atoms with E-state index >= 15 is 0 Å². The lowest BCUT2D eigenvalue weighted by molar-refractivity contribution is 0.669. The first-order valence-electron chi connectivity index (χ1n) is 19.7. The molecule has 0 saturated heterocycles. The van der Waals surface area contributed by atoms with E-state index in [-0.39, 0.29) is 0 Å².